The van der Waals surface area contributed by atoms with Crippen LogP contribution in [0.5, 0.6) is 11.5 Å². The van der Waals surface area contributed by atoms with E-state index in [0.29, 0.717) is 35.5 Å². The molecule has 1 aromatic carbocycles. The van der Waals surface area contributed by atoms with Crippen LogP contribution in [-0.4, -0.2) is 48.1 Å². The lowest BCUT2D eigenvalue weighted by Gasteiger charge is -2.14. The minimum Gasteiger partial charge on any atom is -0.490 e. The smallest absolute Gasteiger partial charge is 0.276 e. The maximum Gasteiger partial charge on any atom is 0.276 e. The average Bonchev–Trinajstić information content (AvgIpc) is 2.72. The molecule has 0 spiro atoms. The fraction of sp³-hybridized carbons (Fsp3) is 0.294. The molecular weight excluding hydrogens is 392 g/mol. The van der Waals surface area contributed by atoms with Crippen molar-refractivity contribution in [3.05, 3.63) is 40.5 Å². The number of rotatable bonds is 6. The number of hydrogen-bond donors (Lipinski definition) is 0. The molecule has 1 amide bonds. The van der Waals surface area contributed by atoms with E-state index in [9.17, 15) is 4.79 Å². The van der Waals surface area contributed by atoms with Gasteiger partial charge in [0, 0.05) is 14.1 Å². The molecule has 1 heterocycles. The summed E-state index contributed by atoms with van der Waals surface area (Å²) < 4.78 is 12.1. The Kier molecular flexibility index (Phi) is 6.01. The third-order valence-corrected chi connectivity index (χ3v) is 4.58. The number of thiocarbonyl (C=S) groups is 1. The Hall–Kier alpha value is -1.86. The molecule has 0 saturated carbocycles. The summed E-state index contributed by atoms with van der Waals surface area (Å²) in [6.07, 6.45) is 3.45. The monoisotopic (exact) mass is 410 g/mol. The highest BCUT2D eigenvalue weighted by atomic mass is 79.9. The summed E-state index contributed by atoms with van der Waals surface area (Å²) in [7, 11) is 3.44. The number of benzene rings is 1. The normalized spacial score (nSPS) is 16.1. The van der Waals surface area contributed by atoms with E-state index in [2.05, 4.69) is 22.5 Å². The number of amides is 1. The number of ether oxygens (including phenoxy) is 2. The van der Waals surface area contributed by atoms with Crippen molar-refractivity contribution in [1.29, 1.82) is 0 Å². The van der Waals surface area contributed by atoms with E-state index in [4.69, 9.17) is 21.7 Å². The molecule has 1 aliphatic rings. The lowest BCUT2D eigenvalue weighted by atomic mass is 10.1. The van der Waals surface area contributed by atoms with Crippen LogP contribution in [0.1, 0.15) is 12.5 Å². The molecule has 0 aliphatic carbocycles. The van der Waals surface area contributed by atoms with Gasteiger partial charge in [-0.1, -0.05) is 12.7 Å². The van der Waals surface area contributed by atoms with Gasteiger partial charge in [-0.05, 0) is 58.8 Å². The Balaban J connectivity index is 2.44. The fourth-order valence-corrected chi connectivity index (χ4v) is 3.02. The van der Waals surface area contributed by atoms with Gasteiger partial charge < -0.3 is 14.4 Å². The standard InChI is InChI=1S/C17H19BrN2O3S/c1-5-7-23-15-12(18)8-11(10-14(15)22-6-2)9-13-16(21)20(4)17(24)19(13)3/h5,8-10H,1,6-7H2,2-4H3/b13-9-. The van der Waals surface area contributed by atoms with E-state index in [1.807, 2.05) is 19.1 Å². The molecule has 0 unspecified atom stereocenters. The van der Waals surface area contributed by atoms with Crippen molar-refractivity contribution < 1.29 is 14.3 Å². The first-order valence-corrected chi connectivity index (χ1v) is 8.58. The zero-order chi connectivity index (χ0) is 17.9. The van der Waals surface area contributed by atoms with Crippen LogP contribution < -0.4 is 9.47 Å². The SMILES string of the molecule is C=CCOc1c(Br)cc(/C=C2/C(=O)N(C)C(=S)N2C)cc1OCC. The van der Waals surface area contributed by atoms with Crippen LogP contribution in [0.25, 0.3) is 6.08 Å². The van der Waals surface area contributed by atoms with Gasteiger partial charge in [0.25, 0.3) is 5.91 Å². The Morgan fingerprint density at radius 1 is 1.29 bits per heavy atom. The summed E-state index contributed by atoms with van der Waals surface area (Å²) in [5.41, 5.74) is 1.32. The molecule has 7 heteroatoms. The van der Waals surface area contributed by atoms with E-state index in [0.717, 1.165) is 10.0 Å². The van der Waals surface area contributed by atoms with Gasteiger partial charge >= 0.3 is 0 Å². The predicted molar refractivity (Wildman–Crippen MR) is 102 cm³/mol. The van der Waals surface area contributed by atoms with Gasteiger partial charge in [0.15, 0.2) is 16.6 Å². The van der Waals surface area contributed by atoms with Crippen molar-refractivity contribution in [2.45, 2.75) is 6.92 Å². The molecule has 128 valence electrons. The molecule has 5 nitrogen and oxygen atoms in total. The summed E-state index contributed by atoms with van der Waals surface area (Å²) in [4.78, 5) is 15.4. The number of carbonyl (C=O) groups excluding carboxylic acids is 1. The lowest BCUT2D eigenvalue weighted by Crippen LogP contribution is -2.26. The van der Waals surface area contributed by atoms with Crippen LogP contribution >= 0.6 is 28.1 Å². The Bertz CT molecular complexity index is 718. The van der Waals surface area contributed by atoms with Gasteiger partial charge in [0.05, 0.1) is 11.1 Å². The lowest BCUT2D eigenvalue weighted by molar-refractivity contribution is -0.121. The predicted octanol–water partition coefficient (Wildman–Crippen LogP) is 3.44. The molecule has 0 N–H and O–H groups in total. The molecule has 0 aromatic heterocycles. The van der Waals surface area contributed by atoms with Crippen LogP contribution in [0, 0.1) is 0 Å². The number of halogens is 1. The summed E-state index contributed by atoms with van der Waals surface area (Å²) in [6, 6.07) is 3.71. The Labute approximate surface area is 155 Å². The van der Waals surface area contributed by atoms with Gasteiger partial charge in [-0.3, -0.25) is 9.69 Å². The molecule has 0 radical (unpaired) electrons. The Morgan fingerprint density at radius 2 is 2.00 bits per heavy atom. The molecule has 0 atom stereocenters. The highest BCUT2D eigenvalue weighted by Crippen LogP contribution is 2.38. The fourth-order valence-electron chi connectivity index (χ4n) is 2.26. The second kappa shape index (κ2) is 7.81. The van der Waals surface area contributed by atoms with E-state index < -0.39 is 0 Å². The highest BCUT2D eigenvalue weighted by Gasteiger charge is 2.32. The van der Waals surface area contributed by atoms with Crippen LogP contribution in [0.4, 0.5) is 0 Å². The number of likely N-dealkylation sites (N-methyl/N-ethyl adjacent to an activating group) is 2. The molecule has 24 heavy (non-hydrogen) atoms. The second-order valence-electron chi connectivity index (χ2n) is 5.10. The average molecular weight is 411 g/mol. The van der Waals surface area contributed by atoms with E-state index in [1.165, 1.54) is 4.90 Å². The van der Waals surface area contributed by atoms with Crippen LogP contribution in [-0.2, 0) is 4.79 Å². The topological polar surface area (TPSA) is 42.0 Å². The highest BCUT2D eigenvalue weighted by molar-refractivity contribution is 9.10. The zero-order valence-electron chi connectivity index (χ0n) is 13.8. The first kappa shape index (κ1) is 18.5. The zero-order valence-corrected chi connectivity index (χ0v) is 16.2. The number of carbonyl (C=O) groups is 1. The molecule has 1 fully saturated rings. The van der Waals surface area contributed by atoms with Crippen molar-refractivity contribution in [3.8, 4) is 11.5 Å². The van der Waals surface area contributed by atoms with Crippen molar-refractivity contribution in [2.24, 2.45) is 0 Å². The van der Waals surface area contributed by atoms with E-state index in [1.54, 1.807) is 31.1 Å². The minimum absolute atomic E-state index is 0.136. The number of hydrogen-bond acceptors (Lipinski definition) is 4. The molecule has 1 saturated heterocycles. The first-order valence-electron chi connectivity index (χ1n) is 7.38. The largest absolute Gasteiger partial charge is 0.490 e. The van der Waals surface area contributed by atoms with Crippen molar-refractivity contribution in [1.82, 2.24) is 9.80 Å². The molecule has 2 rings (SSSR count). The van der Waals surface area contributed by atoms with Crippen molar-refractivity contribution in [3.63, 3.8) is 0 Å². The van der Waals surface area contributed by atoms with Crippen LogP contribution in [0.2, 0.25) is 0 Å². The van der Waals surface area contributed by atoms with Gasteiger partial charge in [0.2, 0.25) is 0 Å². The maximum atomic E-state index is 12.3. The third-order valence-electron chi connectivity index (χ3n) is 3.44. The van der Waals surface area contributed by atoms with Gasteiger partial charge in [-0.25, -0.2) is 0 Å². The quantitative estimate of drug-likeness (QED) is 0.408. The molecule has 0 bridgehead atoms. The third kappa shape index (κ3) is 3.62. The summed E-state index contributed by atoms with van der Waals surface area (Å²) in [5.74, 6) is 1.07. The molecule has 1 aliphatic heterocycles. The van der Waals surface area contributed by atoms with E-state index >= 15 is 0 Å². The van der Waals surface area contributed by atoms with Gasteiger partial charge in [0.1, 0.15) is 12.3 Å². The number of nitrogens with zero attached hydrogens (tertiary/aromatic N) is 2. The molecule has 1 aromatic rings. The van der Waals surface area contributed by atoms with E-state index in [-0.39, 0.29) is 5.91 Å². The summed E-state index contributed by atoms with van der Waals surface area (Å²) in [6.45, 7) is 6.43. The van der Waals surface area contributed by atoms with Gasteiger partial charge in [-0.2, -0.15) is 0 Å². The maximum absolute atomic E-state index is 12.3. The van der Waals surface area contributed by atoms with Crippen molar-refractivity contribution >= 4 is 45.2 Å². The first-order chi connectivity index (χ1) is 11.4. The second-order valence-corrected chi connectivity index (χ2v) is 6.32. The summed E-state index contributed by atoms with van der Waals surface area (Å²) >= 11 is 8.72. The summed E-state index contributed by atoms with van der Waals surface area (Å²) in [5, 5.41) is 0.473. The minimum atomic E-state index is -0.136. The Morgan fingerprint density at radius 3 is 2.54 bits per heavy atom. The van der Waals surface area contributed by atoms with Crippen molar-refractivity contribution in [2.75, 3.05) is 27.3 Å². The van der Waals surface area contributed by atoms with Crippen LogP contribution in [0.15, 0.2) is 35.0 Å². The molecular formula is C17H19BrN2O3S. The van der Waals surface area contributed by atoms with Gasteiger partial charge in [-0.15, -0.1) is 0 Å². The van der Waals surface area contributed by atoms with Crippen LogP contribution in [0.3, 0.4) is 0 Å².